The van der Waals surface area contributed by atoms with Crippen LogP contribution in [0.3, 0.4) is 0 Å². The molecule has 0 aliphatic carbocycles. The summed E-state index contributed by atoms with van der Waals surface area (Å²) in [6.45, 7) is 1.19. The Balaban J connectivity index is 0.529. The number of aromatic amines is 4. The molecular formula is C100H92N16O2+6. The number of amides is 2. The van der Waals surface area contributed by atoms with Crippen LogP contribution in [0.1, 0.15) is 118 Å². The summed E-state index contributed by atoms with van der Waals surface area (Å²) in [4.78, 5) is 65.1. The van der Waals surface area contributed by atoms with E-state index in [1.54, 1.807) is 0 Å². The van der Waals surface area contributed by atoms with Crippen LogP contribution >= 0.6 is 0 Å². The third-order valence-corrected chi connectivity index (χ3v) is 22.7. The predicted molar refractivity (Wildman–Crippen MR) is 470 cm³/mol. The highest BCUT2D eigenvalue weighted by Crippen LogP contribution is 2.42. The van der Waals surface area contributed by atoms with Gasteiger partial charge in [-0.15, -0.1) is 0 Å². The molecule has 2 aromatic carbocycles. The number of aromatic nitrogens is 14. The Bertz CT molecular complexity index is 6230. The van der Waals surface area contributed by atoms with E-state index in [-0.39, 0.29) is 11.8 Å². The van der Waals surface area contributed by atoms with Crippen LogP contribution in [0.2, 0.25) is 0 Å². The number of unbranched alkanes of at least 4 members (excludes halogenated alkanes) is 7. The highest BCUT2D eigenvalue weighted by atomic mass is 16.2. The fourth-order valence-corrected chi connectivity index (χ4v) is 16.3. The molecule has 12 aromatic heterocycles. The third kappa shape index (κ3) is 15.6. The number of nitrogens with one attached hydrogen (secondary N) is 6. The van der Waals surface area contributed by atoms with Crippen LogP contribution in [0, 0.1) is 0 Å². The molecule has 18 heteroatoms. The van der Waals surface area contributed by atoms with Gasteiger partial charge in [-0.25, -0.2) is 47.3 Å². The van der Waals surface area contributed by atoms with Gasteiger partial charge in [-0.2, -0.15) is 0 Å². The zero-order valence-corrected chi connectivity index (χ0v) is 67.1. The Morgan fingerprint density at radius 3 is 0.568 bits per heavy atom. The van der Waals surface area contributed by atoms with Crippen molar-refractivity contribution >= 4 is 105 Å². The fourth-order valence-electron chi connectivity index (χ4n) is 16.3. The number of H-pyrrole nitrogens is 4. The quantitative estimate of drug-likeness (QED) is 0.0306. The van der Waals surface area contributed by atoms with Gasteiger partial charge in [0.2, 0.25) is 0 Å². The van der Waals surface area contributed by atoms with Gasteiger partial charge in [0.15, 0.2) is 74.4 Å². The second kappa shape index (κ2) is 32.8. The van der Waals surface area contributed by atoms with E-state index in [1.807, 2.05) is 118 Å². The molecule has 18 rings (SSSR count). The Kier molecular flexibility index (Phi) is 20.8. The first kappa shape index (κ1) is 74.9. The zero-order valence-electron chi connectivity index (χ0n) is 67.1. The lowest BCUT2D eigenvalue weighted by Gasteiger charge is -2.09. The highest BCUT2D eigenvalue weighted by molar-refractivity contribution is 6.04. The average molecular weight is 1550 g/mol. The molecule has 0 atom stereocenters. The smallest absolute Gasteiger partial charge is 0.251 e. The molecule has 0 saturated carbocycles. The van der Waals surface area contributed by atoms with Crippen LogP contribution in [-0.4, -0.2) is 64.8 Å². The highest BCUT2D eigenvalue weighted by Gasteiger charge is 2.25. The van der Waals surface area contributed by atoms with Crippen molar-refractivity contribution in [1.29, 1.82) is 0 Å². The summed E-state index contributed by atoms with van der Waals surface area (Å²) in [6.07, 6.45) is 49.9. The molecule has 118 heavy (non-hydrogen) atoms. The summed E-state index contributed by atoms with van der Waals surface area (Å²) in [7, 11) is 12.2. The number of hydrogen-bond acceptors (Lipinski definition) is 6. The molecule has 4 aliphatic rings. The molecular weight excluding hydrogens is 1460 g/mol. The topological polar surface area (TPSA) is 196 Å². The molecule has 18 nitrogen and oxygen atoms in total. The number of nitrogens with zero attached hydrogens (tertiary/aromatic N) is 10. The van der Waals surface area contributed by atoms with Gasteiger partial charge in [-0.1, -0.05) is 62.8 Å². The Hall–Kier alpha value is -14.5. The molecule has 2 amide bonds. The minimum absolute atomic E-state index is 0.0997. The SMILES string of the molecule is C[n+]1ccc(-c2c3nc(c(-c4cc[n+](C)cc4)c4ccc([nH]4)c(-c4cc[n+](C)cc4)c4nc(c(-c5ccc(C(=O)NCCCCCCCCCCNC(=O)c6ccc(-c7c8nc(c(-c9cc[n+](C)cc9)c9ccc([nH]9)c(-c9cc[n+](C)cc9)c9nc(c(-c%10cc[n+](C)cc%10)c%10ccc7[nH]%10)C=C9)C=C8)cc6)cc5)c5ccc2[nH]5)C=C4)C=C3)cc1. The van der Waals surface area contributed by atoms with Crippen LogP contribution in [0.4, 0.5) is 0 Å². The van der Waals surface area contributed by atoms with Crippen LogP contribution in [0.15, 0.2) is 244 Å². The lowest BCUT2D eigenvalue weighted by atomic mass is 10.0. The molecule has 578 valence electrons. The summed E-state index contributed by atoms with van der Waals surface area (Å²) in [5.74, 6) is -0.199. The lowest BCUT2D eigenvalue weighted by molar-refractivity contribution is -0.671. The number of aryl methyl sites for hydroxylation is 6. The number of rotatable bonds is 21. The van der Waals surface area contributed by atoms with E-state index in [0.717, 1.165) is 230 Å². The van der Waals surface area contributed by atoms with E-state index in [9.17, 15) is 9.59 Å². The largest absolute Gasteiger partial charge is 0.354 e. The molecule has 0 spiro atoms. The van der Waals surface area contributed by atoms with Crippen molar-refractivity contribution in [2.75, 3.05) is 13.1 Å². The van der Waals surface area contributed by atoms with E-state index in [0.29, 0.717) is 24.2 Å². The first-order valence-corrected chi connectivity index (χ1v) is 40.6. The summed E-state index contributed by atoms with van der Waals surface area (Å²) < 4.78 is 12.2. The minimum atomic E-state index is -0.0997. The summed E-state index contributed by atoms with van der Waals surface area (Å²) in [5, 5.41) is 6.41. The second-order valence-corrected chi connectivity index (χ2v) is 31.0. The van der Waals surface area contributed by atoms with E-state index in [4.69, 9.17) is 19.9 Å². The first-order chi connectivity index (χ1) is 57.7. The van der Waals surface area contributed by atoms with Crippen LogP contribution in [0.25, 0.3) is 182 Å². The third-order valence-electron chi connectivity index (χ3n) is 22.7. The van der Waals surface area contributed by atoms with Crippen LogP contribution in [-0.2, 0) is 42.3 Å². The van der Waals surface area contributed by atoms with Crippen molar-refractivity contribution in [2.24, 2.45) is 42.3 Å². The van der Waals surface area contributed by atoms with Gasteiger partial charge in [0.1, 0.15) is 42.3 Å². The molecule has 0 radical (unpaired) electrons. The van der Waals surface area contributed by atoms with E-state index >= 15 is 0 Å². The number of hydrogen-bond donors (Lipinski definition) is 6. The van der Waals surface area contributed by atoms with E-state index in [2.05, 4.69) is 275 Å². The summed E-state index contributed by atoms with van der Waals surface area (Å²) >= 11 is 0. The van der Waals surface area contributed by atoms with E-state index in [1.165, 1.54) is 0 Å². The molecule has 16 heterocycles. The number of pyridine rings is 6. The minimum Gasteiger partial charge on any atom is -0.354 e. The van der Waals surface area contributed by atoms with Crippen molar-refractivity contribution in [3.05, 3.63) is 301 Å². The maximum Gasteiger partial charge on any atom is 0.251 e. The maximum atomic E-state index is 13.9. The average Bonchev–Trinajstić information content (AvgIpc) is 1.61. The Morgan fingerprint density at radius 1 is 0.229 bits per heavy atom. The number of benzene rings is 2. The lowest BCUT2D eigenvalue weighted by Crippen LogP contribution is -2.25. The van der Waals surface area contributed by atoms with E-state index < -0.39 is 0 Å². The molecule has 14 aromatic rings. The first-order valence-electron chi connectivity index (χ1n) is 40.6. The van der Waals surface area contributed by atoms with Crippen molar-refractivity contribution in [3.8, 4) is 89.0 Å². The van der Waals surface area contributed by atoms with Crippen LogP contribution in [0.5, 0.6) is 0 Å². The van der Waals surface area contributed by atoms with Crippen molar-refractivity contribution in [1.82, 2.24) is 50.5 Å². The Morgan fingerprint density at radius 2 is 0.390 bits per heavy atom. The monoisotopic (exact) mass is 1550 g/mol. The zero-order chi connectivity index (χ0) is 80.3. The summed E-state index contributed by atoms with van der Waals surface area (Å²) in [6, 6.07) is 58.5. The second-order valence-electron chi connectivity index (χ2n) is 31.0. The maximum absolute atomic E-state index is 13.9. The van der Waals surface area contributed by atoms with Crippen molar-refractivity contribution in [2.45, 2.75) is 51.4 Å². The van der Waals surface area contributed by atoms with Gasteiger partial charge in [0.05, 0.1) is 45.6 Å². The van der Waals surface area contributed by atoms with Crippen molar-refractivity contribution < 1.29 is 37.0 Å². The fraction of sp³-hybridized carbons (Fsp3) is 0.160. The van der Waals surface area contributed by atoms with Gasteiger partial charge in [0.25, 0.3) is 11.8 Å². The Labute approximate surface area is 684 Å². The number of carbonyl (C=O) groups is 2. The van der Waals surface area contributed by atoms with Gasteiger partial charge in [-0.05, 0) is 179 Å². The number of carbonyl (C=O) groups excluding carboxylic acids is 2. The van der Waals surface area contributed by atoms with Crippen molar-refractivity contribution in [3.63, 3.8) is 0 Å². The van der Waals surface area contributed by atoms with Gasteiger partial charge in [0, 0.05) is 186 Å². The molecule has 0 unspecified atom stereocenters. The summed E-state index contributed by atoms with van der Waals surface area (Å²) in [5.41, 5.74) is 30.7. The predicted octanol–water partition coefficient (Wildman–Crippen LogP) is 17.2. The normalized spacial score (nSPS) is 12.1. The molecule has 16 bridgehead atoms. The molecule has 0 fully saturated rings. The van der Waals surface area contributed by atoms with Gasteiger partial charge in [-0.3, -0.25) is 9.59 Å². The molecule has 4 aliphatic heterocycles. The molecule has 6 N–H and O–H groups in total. The number of fused-ring (bicyclic) bond motifs is 16. The van der Waals surface area contributed by atoms with Gasteiger partial charge >= 0.3 is 0 Å². The van der Waals surface area contributed by atoms with Crippen LogP contribution < -0.4 is 38.0 Å². The molecule has 0 saturated heterocycles. The van der Waals surface area contributed by atoms with Gasteiger partial charge < -0.3 is 30.6 Å². The standard InChI is InChI=1S/C100H88N16O2/c1-111-53-39-67(40-54-111)93-79-27-23-75(103-79)91(76-24-28-80(104-76)94(68-41-55-112(2)56-42-68)84-32-36-88(108-84)97(87-35-31-83(93)107-87)71-47-61-115(5)62-48-71)65-15-19-73(20-16-65)99(117)101-51-13-11-9-7-8-10-12-14-52-102-100(118)74-21-17-66(18-22-74)92-77-25-29-81(105-77)95(69-43-57-113(3)58-44-69)85-33-37-89(109-85)98(72-49-63-116(6)64-50-72)90-38-34-86(110-90)96(82-30-26-78(92)106-82)70-45-59-114(4)60-46-70/h15-50,53-64H,7-14,51-52H2,1-6H3,(H2-2,101,102,103,104,105,106,107,108,109,110,117,118)/q+2/p+4.